The summed E-state index contributed by atoms with van der Waals surface area (Å²) in [6, 6.07) is 13.1. The van der Waals surface area contributed by atoms with Gasteiger partial charge >= 0.3 is 0 Å². The number of hydrogen-bond donors (Lipinski definition) is 1. The van der Waals surface area contributed by atoms with Crippen LogP contribution in [-0.2, 0) is 12.8 Å². The Hall–Kier alpha value is -2.13. The van der Waals surface area contributed by atoms with E-state index >= 15 is 0 Å². The Balaban J connectivity index is 1.86. The van der Waals surface area contributed by atoms with E-state index in [0.717, 1.165) is 37.1 Å². The first-order chi connectivity index (χ1) is 12.6. The number of carbonyl (C=O) groups is 1. The van der Waals surface area contributed by atoms with Gasteiger partial charge in [0.15, 0.2) is 0 Å². The lowest BCUT2D eigenvalue weighted by Crippen LogP contribution is -2.23. The fraction of sp³-hybridized carbons (Fsp3) is 0.435. The monoisotopic (exact) mass is 348 g/mol. The molecule has 1 fully saturated rings. The molecule has 0 atom stereocenters. The molecular formula is C23H28N2O. The van der Waals surface area contributed by atoms with E-state index in [1.165, 1.54) is 41.5 Å². The van der Waals surface area contributed by atoms with E-state index in [0.29, 0.717) is 5.92 Å². The highest BCUT2D eigenvalue weighted by Gasteiger charge is 2.26. The van der Waals surface area contributed by atoms with Crippen LogP contribution in [0.1, 0.15) is 52.2 Å². The topological polar surface area (TPSA) is 32.3 Å². The molecule has 1 heterocycles. The van der Waals surface area contributed by atoms with Crippen LogP contribution in [0.2, 0.25) is 0 Å². The molecule has 3 heteroatoms. The molecule has 0 spiro atoms. The highest BCUT2D eigenvalue weighted by atomic mass is 16.2. The van der Waals surface area contributed by atoms with E-state index in [4.69, 9.17) is 0 Å². The Morgan fingerprint density at radius 2 is 1.81 bits per heavy atom. The molecule has 2 aromatic rings. The van der Waals surface area contributed by atoms with Gasteiger partial charge in [0.1, 0.15) is 0 Å². The Morgan fingerprint density at radius 1 is 1.04 bits per heavy atom. The molecular weight excluding hydrogens is 320 g/mol. The van der Waals surface area contributed by atoms with Crippen molar-refractivity contribution in [2.24, 2.45) is 0 Å². The van der Waals surface area contributed by atoms with Crippen LogP contribution in [-0.4, -0.2) is 38.0 Å². The van der Waals surface area contributed by atoms with Gasteiger partial charge in [0, 0.05) is 19.7 Å². The molecule has 0 aromatic heterocycles. The minimum Gasteiger partial charge on any atom is -0.345 e. The van der Waals surface area contributed by atoms with Crippen molar-refractivity contribution in [2.45, 2.75) is 38.0 Å². The highest BCUT2D eigenvalue weighted by Crippen LogP contribution is 2.43. The van der Waals surface area contributed by atoms with Gasteiger partial charge in [0.2, 0.25) is 0 Å². The molecule has 136 valence electrons. The normalized spacial score (nSPS) is 17.2. The van der Waals surface area contributed by atoms with Gasteiger partial charge in [-0.1, -0.05) is 36.8 Å². The van der Waals surface area contributed by atoms with Gasteiger partial charge < -0.3 is 10.2 Å². The third-order valence-corrected chi connectivity index (χ3v) is 5.92. The van der Waals surface area contributed by atoms with Crippen LogP contribution in [0.4, 0.5) is 0 Å². The predicted octanol–water partition coefficient (Wildman–Crippen LogP) is 4.01. The van der Waals surface area contributed by atoms with Crippen LogP contribution in [0.15, 0.2) is 36.4 Å². The standard InChI is InChI=1S/C23H28N2O/c1-25(2)23(26)21-8-4-7-20(17-5-3-6-17)22(21)19-10-9-16-11-13-24-14-12-18(16)15-19/h4,7-10,15,17,24H,3,5-6,11-14H2,1-2H3. The van der Waals surface area contributed by atoms with Gasteiger partial charge in [-0.2, -0.15) is 0 Å². The van der Waals surface area contributed by atoms with Crippen molar-refractivity contribution in [2.75, 3.05) is 27.2 Å². The van der Waals surface area contributed by atoms with Crippen molar-refractivity contribution in [3.05, 3.63) is 58.7 Å². The summed E-state index contributed by atoms with van der Waals surface area (Å²) in [6.45, 7) is 2.08. The van der Waals surface area contributed by atoms with Gasteiger partial charge in [-0.05, 0) is 78.6 Å². The molecule has 1 aliphatic carbocycles. The van der Waals surface area contributed by atoms with Crippen LogP contribution in [0.3, 0.4) is 0 Å². The first-order valence-electron chi connectivity index (χ1n) is 9.82. The molecule has 0 saturated heterocycles. The van der Waals surface area contributed by atoms with Crippen molar-refractivity contribution in [1.82, 2.24) is 10.2 Å². The molecule has 26 heavy (non-hydrogen) atoms. The minimum absolute atomic E-state index is 0.0952. The molecule has 3 nitrogen and oxygen atoms in total. The fourth-order valence-corrected chi connectivity index (χ4v) is 4.20. The second kappa shape index (κ2) is 7.24. The lowest BCUT2D eigenvalue weighted by Gasteiger charge is -2.29. The molecule has 0 unspecified atom stereocenters. The zero-order valence-electron chi connectivity index (χ0n) is 15.8. The van der Waals surface area contributed by atoms with E-state index in [9.17, 15) is 4.79 Å². The maximum atomic E-state index is 12.9. The van der Waals surface area contributed by atoms with Gasteiger partial charge in [0.25, 0.3) is 5.91 Å². The number of rotatable bonds is 3. The van der Waals surface area contributed by atoms with Gasteiger partial charge in [-0.3, -0.25) is 4.79 Å². The van der Waals surface area contributed by atoms with E-state index in [1.807, 2.05) is 20.2 Å². The quantitative estimate of drug-likeness (QED) is 0.909. The second-order valence-electron chi connectivity index (χ2n) is 7.83. The molecule has 1 amide bonds. The zero-order chi connectivity index (χ0) is 18.1. The maximum absolute atomic E-state index is 12.9. The number of fused-ring (bicyclic) bond motifs is 1. The highest BCUT2D eigenvalue weighted by molar-refractivity contribution is 6.01. The first kappa shape index (κ1) is 17.3. The lowest BCUT2D eigenvalue weighted by molar-refractivity contribution is 0.0828. The molecule has 2 aliphatic rings. The van der Waals surface area contributed by atoms with Crippen LogP contribution < -0.4 is 5.32 Å². The molecule has 1 aliphatic heterocycles. The molecule has 1 N–H and O–H groups in total. The average molecular weight is 348 g/mol. The van der Waals surface area contributed by atoms with Crippen LogP contribution >= 0.6 is 0 Å². The number of benzene rings is 2. The smallest absolute Gasteiger partial charge is 0.253 e. The SMILES string of the molecule is CN(C)C(=O)c1cccc(C2CCC2)c1-c1ccc2c(c1)CCNCC2. The largest absolute Gasteiger partial charge is 0.345 e. The Labute approximate surface area is 156 Å². The molecule has 0 bridgehead atoms. The summed E-state index contributed by atoms with van der Waals surface area (Å²) in [5, 5.41) is 3.49. The molecule has 1 saturated carbocycles. The summed E-state index contributed by atoms with van der Waals surface area (Å²) in [4.78, 5) is 14.6. The number of amides is 1. The number of hydrogen-bond acceptors (Lipinski definition) is 2. The Morgan fingerprint density at radius 3 is 2.50 bits per heavy atom. The van der Waals surface area contributed by atoms with E-state index in [1.54, 1.807) is 4.90 Å². The Kier molecular flexibility index (Phi) is 4.82. The number of nitrogens with one attached hydrogen (secondary N) is 1. The average Bonchev–Trinajstić information content (AvgIpc) is 2.84. The van der Waals surface area contributed by atoms with E-state index < -0.39 is 0 Å². The molecule has 2 aromatic carbocycles. The molecule has 0 radical (unpaired) electrons. The second-order valence-corrected chi connectivity index (χ2v) is 7.83. The Bertz CT molecular complexity index is 821. The van der Waals surface area contributed by atoms with Crippen molar-refractivity contribution < 1.29 is 4.79 Å². The third kappa shape index (κ3) is 3.16. The summed E-state index contributed by atoms with van der Waals surface area (Å²) in [5.74, 6) is 0.693. The van der Waals surface area contributed by atoms with Crippen LogP contribution in [0, 0.1) is 0 Å². The van der Waals surface area contributed by atoms with Crippen molar-refractivity contribution in [3.63, 3.8) is 0 Å². The summed E-state index contributed by atoms with van der Waals surface area (Å²) >= 11 is 0. The summed E-state index contributed by atoms with van der Waals surface area (Å²) < 4.78 is 0. The van der Waals surface area contributed by atoms with Gasteiger partial charge in [-0.15, -0.1) is 0 Å². The predicted molar refractivity (Wildman–Crippen MR) is 107 cm³/mol. The summed E-state index contributed by atoms with van der Waals surface area (Å²) in [7, 11) is 3.68. The number of carbonyl (C=O) groups excluding carboxylic acids is 1. The van der Waals surface area contributed by atoms with Crippen LogP contribution in [0.5, 0.6) is 0 Å². The van der Waals surface area contributed by atoms with Gasteiger partial charge in [0.05, 0.1) is 0 Å². The van der Waals surface area contributed by atoms with Crippen molar-refractivity contribution >= 4 is 5.91 Å². The summed E-state index contributed by atoms with van der Waals surface area (Å²) in [5.41, 5.74) is 7.44. The van der Waals surface area contributed by atoms with Crippen molar-refractivity contribution in [3.8, 4) is 11.1 Å². The third-order valence-electron chi connectivity index (χ3n) is 5.92. The molecule has 4 rings (SSSR count). The van der Waals surface area contributed by atoms with E-state index in [2.05, 4.69) is 35.6 Å². The minimum atomic E-state index is 0.0952. The van der Waals surface area contributed by atoms with E-state index in [-0.39, 0.29) is 5.91 Å². The number of nitrogens with zero attached hydrogens (tertiary/aromatic N) is 1. The maximum Gasteiger partial charge on any atom is 0.253 e. The zero-order valence-corrected chi connectivity index (χ0v) is 15.8. The summed E-state index contributed by atoms with van der Waals surface area (Å²) in [6.07, 6.45) is 5.92. The first-order valence-corrected chi connectivity index (χ1v) is 9.82. The van der Waals surface area contributed by atoms with Crippen molar-refractivity contribution in [1.29, 1.82) is 0 Å². The van der Waals surface area contributed by atoms with Crippen LogP contribution in [0.25, 0.3) is 11.1 Å². The van der Waals surface area contributed by atoms with Gasteiger partial charge in [-0.25, -0.2) is 0 Å². The lowest BCUT2D eigenvalue weighted by atomic mass is 9.75. The fourth-order valence-electron chi connectivity index (χ4n) is 4.20.